The molecule has 0 fully saturated rings. The fourth-order valence-electron chi connectivity index (χ4n) is 9.49. The van der Waals surface area contributed by atoms with Gasteiger partial charge in [0.05, 0.1) is 27.8 Å². The Labute approximate surface area is 333 Å². The van der Waals surface area contributed by atoms with E-state index in [9.17, 15) is 0 Å². The molecule has 0 saturated carbocycles. The maximum Gasteiger partial charge on any atom is 0.181 e. The minimum atomic E-state index is -2.93. The van der Waals surface area contributed by atoms with Crippen LogP contribution in [0.25, 0.3) is 66.1 Å². The zero-order valence-corrected chi connectivity index (χ0v) is 32.3. The Morgan fingerprint density at radius 2 is 0.702 bits per heavy atom. The summed E-state index contributed by atoms with van der Waals surface area (Å²) in [5.41, 5.74) is 9.54. The van der Waals surface area contributed by atoms with Crippen molar-refractivity contribution in [3.8, 4) is 22.5 Å². The van der Waals surface area contributed by atoms with Gasteiger partial charge in [-0.2, -0.15) is 0 Å². The molecule has 0 aliphatic heterocycles. The lowest BCUT2D eigenvalue weighted by atomic mass is 10.1. The van der Waals surface area contributed by atoms with Crippen LogP contribution in [0.15, 0.2) is 231 Å². The highest BCUT2D eigenvalue weighted by Crippen LogP contribution is 2.40. The van der Waals surface area contributed by atoms with Crippen LogP contribution in [0, 0.1) is 0 Å². The third kappa shape index (κ3) is 5.10. The Balaban J connectivity index is 1.29. The van der Waals surface area contributed by atoms with Crippen LogP contribution in [-0.4, -0.2) is 17.2 Å². The highest BCUT2D eigenvalue weighted by Gasteiger charge is 2.43. The van der Waals surface area contributed by atoms with Crippen LogP contribution in [0.2, 0.25) is 0 Å². The first-order valence-corrected chi connectivity index (χ1v) is 21.7. The first-order valence-electron chi connectivity index (χ1n) is 19.7. The Bertz CT molecular complexity index is 3100. The molecule has 0 saturated heterocycles. The molecule has 9 aromatic carbocycles. The maximum atomic E-state index is 2.59. The Morgan fingerprint density at radius 3 is 1.26 bits per heavy atom. The molecule has 2 heterocycles. The van der Waals surface area contributed by atoms with Crippen molar-refractivity contribution in [3.63, 3.8) is 0 Å². The van der Waals surface area contributed by atoms with E-state index in [-0.39, 0.29) is 0 Å². The number of hydrogen-bond donors (Lipinski definition) is 0. The lowest BCUT2D eigenvalue weighted by Crippen LogP contribution is -2.75. The van der Waals surface area contributed by atoms with Gasteiger partial charge in [-0.1, -0.05) is 200 Å². The van der Waals surface area contributed by atoms with Crippen LogP contribution in [0.3, 0.4) is 0 Å². The van der Waals surface area contributed by atoms with Gasteiger partial charge in [0.15, 0.2) is 8.07 Å². The second kappa shape index (κ2) is 13.5. The van der Waals surface area contributed by atoms with Gasteiger partial charge >= 0.3 is 0 Å². The summed E-state index contributed by atoms with van der Waals surface area (Å²) in [6.45, 7) is 0. The summed E-state index contributed by atoms with van der Waals surface area (Å²) in [7, 11) is -2.93. The summed E-state index contributed by atoms with van der Waals surface area (Å²) in [4.78, 5) is 0. The highest BCUT2D eigenvalue weighted by molar-refractivity contribution is 7.20. The summed E-state index contributed by atoms with van der Waals surface area (Å²) in [5, 5.41) is 10.4. The fraction of sp³-hybridized carbons (Fsp3) is 0. The third-order valence-electron chi connectivity index (χ3n) is 11.9. The van der Waals surface area contributed by atoms with Gasteiger partial charge in [-0.3, -0.25) is 0 Å². The molecule has 0 amide bonds. The molecule has 0 N–H and O–H groups in total. The van der Waals surface area contributed by atoms with Gasteiger partial charge in [0, 0.05) is 27.2 Å². The molecular weight excluding hydrogens is 705 g/mol. The number of rotatable bonds is 7. The average molecular weight is 743 g/mol. The van der Waals surface area contributed by atoms with Crippen LogP contribution in [0.1, 0.15) is 0 Å². The third-order valence-corrected chi connectivity index (χ3v) is 16.7. The monoisotopic (exact) mass is 742 g/mol. The number of nitrogens with zero attached hydrogens (tertiary/aromatic N) is 2. The van der Waals surface area contributed by atoms with E-state index in [2.05, 4.69) is 240 Å². The topological polar surface area (TPSA) is 9.86 Å². The first kappa shape index (κ1) is 33.2. The molecule has 0 aliphatic rings. The molecule has 11 rings (SSSR count). The zero-order chi connectivity index (χ0) is 37.8. The predicted molar refractivity (Wildman–Crippen MR) is 244 cm³/mol. The van der Waals surface area contributed by atoms with E-state index < -0.39 is 8.07 Å². The molecule has 0 bridgehead atoms. The van der Waals surface area contributed by atoms with Crippen LogP contribution < -0.4 is 20.7 Å². The van der Waals surface area contributed by atoms with Crippen molar-refractivity contribution in [1.29, 1.82) is 0 Å². The van der Waals surface area contributed by atoms with Gasteiger partial charge in [-0.25, -0.2) is 0 Å². The van der Waals surface area contributed by atoms with E-state index in [1.54, 1.807) is 0 Å². The molecule has 0 aliphatic carbocycles. The van der Waals surface area contributed by atoms with E-state index in [0.717, 1.165) is 11.4 Å². The summed E-state index contributed by atoms with van der Waals surface area (Å²) in [5.74, 6) is 0. The molecule has 0 radical (unpaired) electrons. The van der Waals surface area contributed by atoms with Crippen molar-refractivity contribution < 1.29 is 0 Å². The van der Waals surface area contributed by atoms with Crippen molar-refractivity contribution in [2.75, 3.05) is 0 Å². The van der Waals surface area contributed by atoms with Crippen molar-refractivity contribution in [2.45, 2.75) is 0 Å². The number of para-hydroxylation sites is 4. The SMILES string of the molecule is c1ccc(-c2ccc(-n3c4ccccc4c4cccc(-n5c6ccccc6c6cccc([Si](c7ccccc7)(c7ccccc7)c7ccccc7)c65)c43)cc2)cc1. The normalized spacial score (nSPS) is 11.9. The van der Waals surface area contributed by atoms with Crippen LogP contribution in [0.5, 0.6) is 0 Å². The first-order chi connectivity index (χ1) is 28.3. The highest BCUT2D eigenvalue weighted by atomic mass is 28.3. The molecule has 2 nitrogen and oxygen atoms in total. The molecule has 11 aromatic rings. The quantitative estimate of drug-likeness (QED) is 0.114. The van der Waals surface area contributed by atoms with E-state index in [1.807, 2.05) is 0 Å². The van der Waals surface area contributed by atoms with Gasteiger partial charge < -0.3 is 9.13 Å². The molecule has 3 heteroatoms. The van der Waals surface area contributed by atoms with Crippen molar-refractivity contribution >= 4 is 72.4 Å². The van der Waals surface area contributed by atoms with Gasteiger partial charge in [0.2, 0.25) is 0 Å². The molecule has 0 spiro atoms. The average Bonchev–Trinajstić information content (AvgIpc) is 3.82. The van der Waals surface area contributed by atoms with Gasteiger partial charge in [0.1, 0.15) is 0 Å². The maximum absolute atomic E-state index is 2.93. The number of fused-ring (bicyclic) bond motifs is 6. The number of aromatic nitrogens is 2. The minimum absolute atomic E-state index is 1.14. The summed E-state index contributed by atoms with van der Waals surface area (Å²) < 4.78 is 5.07. The number of hydrogen-bond acceptors (Lipinski definition) is 0. The molecule has 0 unspecified atom stereocenters. The molecule has 268 valence electrons. The second-order valence-electron chi connectivity index (χ2n) is 14.8. The van der Waals surface area contributed by atoms with E-state index >= 15 is 0 Å². The predicted octanol–water partition coefficient (Wildman–Crippen LogP) is 10.9. The van der Waals surface area contributed by atoms with E-state index in [1.165, 1.54) is 75.5 Å². The molecular formula is C54H38N2Si. The summed E-state index contributed by atoms with van der Waals surface area (Å²) in [6, 6.07) is 85.3. The van der Waals surface area contributed by atoms with Crippen LogP contribution in [-0.2, 0) is 0 Å². The number of benzene rings is 9. The second-order valence-corrected chi connectivity index (χ2v) is 18.6. The molecule has 0 atom stereocenters. The largest absolute Gasteiger partial charge is 0.307 e. The van der Waals surface area contributed by atoms with Crippen molar-refractivity contribution in [1.82, 2.24) is 9.13 Å². The van der Waals surface area contributed by atoms with Crippen LogP contribution in [0.4, 0.5) is 0 Å². The van der Waals surface area contributed by atoms with E-state index in [0.29, 0.717) is 0 Å². The van der Waals surface area contributed by atoms with Crippen molar-refractivity contribution in [2.24, 2.45) is 0 Å². The van der Waals surface area contributed by atoms with Crippen molar-refractivity contribution in [3.05, 3.63) is 231 Å². The Morgan fingerprint density at radius 1 is 0.281 bits per heavy atom. The minimum Gasteiger partial charge on any atom is -0.307 e. The Kier molecular flexibility index (Phi) is 7.87. The lowest BCUT2D eigenvalue weighted by Gasteiger charge is -2.35. The molecule has 2 aromatic heterocycles. The fourth-order valence-corrected chi connectivity index (χ4v) is 14.4. The Hall–Kier alpha value is -7.20. The van der Waals surface area contributed by atoms with Gasteiger partial charge in [-0.15, -0.1) is 0 Å². The summed E-state index contributed by atoms with van der Waals surface area (Å²) >= 11 is 0. The standard InChI is InChI=1S/C54H38N2Si/c1-5-19-39(20-6-1)40-35-37-41(38-36-40)55-49-31-15-13-27-45(49)47-29-17-33-51(53(47)55)56-50-32-16-14-28-46(50)48-30-18-34-52(54(48)56)57(42-21-7-2-8-22-42,43-23-9-3-10-24-43)44-25-11-4-12-26-44/h1-38H. The van der Waals surface area contributed by atoms with Gasteiger partial charge in [0.25, 0.3) is 0 Å². The van der Waals surface area contributed by atoms with E-state index in [4.69, 9.17) is 0 Å². The lowest BCUT2D eigenvalue weighted by molar-refractivity contribution is 1.13. The van der Waals surface area contributed by atoms with Crippen LogP contribution >= 0.6 is 0 Å². The smallest absolute Gasteiger partial charge is 0.181 e. The molecule has 57 heavy (non-hydrogen) atoms. The summed E-state index contributed by atoms with van der Waals surface area (Å²) in [6.07, 6.45) is 0. The van der Waals surface area contributed by atoms with Gasteiger partial charge in [-0.05, 0) is 62.2 Å². The zero-order valence-electron chi connectivity index (χ0n) is 31.3.